The van der Waals surface area contributed by atoms with Gasteiger partial charge in [0, 0.05) is 11.1 Å². The van der Waals surface area contributed by atoms with E-state index in [2.05, 4.69) is 16.7 Å². The number of carbonyl (C=O) groups excluding carboxylic acids is 2. The Hall–Kier alpha value is -9.60. The molecule has 0 amide bonds. The van der Waals surface area contributed by atoms with Crippen molar-refractivity contribution >= 4 is 64.3 Å². The summed E-state index contributed by atoms with van der Waals surface area (Å²) in [6, 6.07) is 3.93. The number of aromatic carboxylic acids is 2. The summed E-state index contributed by atoms with van der Waals surface area (Å²) in [5.41, 5.74) is -40.5. The first-order chi connectivity index (χ1) is 41.9. The minimum Gasteiger partial charge on any atom is -0.478 e. The standard InChI is InChI=1S/2C23H6F10O11S2/c24-11-4-9-15(13(26)17(11)43-45(37,38)22(28,29)30)41-16-10(5-12(25)18(14(16)27)44-46(39,40)23(31,32)33)21(9)8-2-1-6(19(34)35)3-7(8)20(36)42-21;24-11-4-9-15(13(26)17(11)43-45(37,38)22(28,29)30)41-16-10(5-12(25)18(14(16)27)44-46(39,40)23(31,32)33)21(9)8-3-6(19(34)35)1-2-7(8)20(36)42-21/h2*1-5H,(H,34,35). The lowest BCUT2D eigenvalue weighted by Gasteiger charge is -2.37. The van der Waals surface area contributed by atoms with Crippen molar-refractivity contribution in [1.82, 2.24) is 0 Å². The van der Waals surface area contributed by atoms with Crippen LogP contribution in [0.15, 0.2) is 60.7 Å². The molecule has 0 aromatic heterocycles. The quantitative estimate of drug-likeness (QED) is 0.0557. The van der Waals surface area contributed by atoms with Crippen molar-refractivity contribution in [2.24, 2.45) is 0 Å². The van der Waals surface area contributed by atoms with Crippen LogP contribution >= 0.6 is 0 Å². The molecule has 492 valence electrons. The van der Waals surface area contributed by atoms with E-state index in [1.54, 1.807) is 0 Å². The maximum atomic E-state index is 15.7. The summed E-state index contributed by atoms with van der Waals surface area (Å²) in [5, 5.41) is 18.7. The largest absolute Gasteiger partial charge is 0.534 e. The first kappa shape index (κ1) is 66.8. The molecule has 92 heavy (non-hydrogen) atoms. The van der Waals surface area contributed by atoms with Crippen molar-refractivity contribution < 1.29 is 187 Å². The van der Waals surface area contributed by atoms with E-state index in [1.807, 2.05) is 0 Å². The van der Waals surface area contributed by atoms with Gasteiger partial charge < -0.3 is 45.9 Å². The Morgan fingerprint density at radius 2 is 0.630 bits per heavy atom. The predicted octanol–water partition coefficient (Wildman–Crippen LogP) is 9.93. The molecule has 0 fully saturated rings. The highest BCUT2D eigenvalue weighted by Crippen LogP contribution is 2.62. The summed E-state index contributed by atoms with van der Waals surface area (Å²) in [4.78, 5) is 48.9. The predicted molar refractivity (Wildman–Crippen MR) is 245 cm³/mol. The number of carboxylic acid groups (broad SMARTS) is 2. The molecule has 10 rings (SSSR count). The average Bonchev–Trinajstić information content (AvgIpc) is 1.37. The summed E-state index contributed by atoms with van der Waals surface area (Å²) in [5.74, 6) is -42.3. The van der Waals surface area contributed by atoms with Crippen molar-refractivity contribution in [3.05, 3.63) is 163 Å². The smallest absolute Gasteiger partial charge is 0.478 e. The first-order valence-electron chi connectivity index (χ1n) is 22.6. The van der Waals surface area contributed by atoms with Crippen LogP contribution in [0.2, 0.25) is 0 Å². The van der Waals surface area contributed by atoms with Crippen LogP contribution in [0.1, 0.15) is 74.8 Å². The lowest BCUT2D eigenvalue weighted by molar-refractivity contribution is -0.0507. The van der Waals surface area contributed by atoms with E-state index in [-0.39, 0.29) is 24.3 Å². The number of fused-ring (bicyclic) bond motifs is 12. The lowest BCUT2D eigenvalue weighted by atomic mass is 9.77. The number of ether oxygens (including phenoxy) is 4. The molecule has 6 aromatic carbocycles. The highest BCUT2D eigenvalue weighted by atomic mass is 32.2. The topological polar surface area (TPSA) is 319 Å². The van der Waals surface area contributed by atoms with Crippen LogP contribution in [0.25, 0.3) is 0 Å². The molecule has 0 saturated heterocycles. The van der Waals surface area contributed by atoms with Crippen LogP contribution in [0.4, 0.5) is 87.8 Å². The Bertz CT molecular complexity index is 4600. The SMILES string of the molecule is O=C(O)c1ccc2c(c1)C(=O)OC21c2cc(F)c(OS(=O)(=O)C(F)(F)F)c(F)c2Oc2c1cc(F)c(OS(=O)(=O)C(F)(F)F)c2F.O=C(O)c1ccc2c(c1)C1(OC2=O)c2cc(F)c(OS(=O)(=O)C(F)(F)F)c(F)c2Oc2c1cc(F)c(OS(=O)(=O)C(F)(F)F)c2F. The second-order valence-electron chi connectivity index (χ2n) is 17.9. The molecule has 0 bridgehead atoms. The number of halogens is 20. The average molecular weight is 1420 g/mol. The van der Waals surface area contributed by atoms with Crippen LogP contribution in [0, 0.1) is 46.5 Å². The van der Waals surface area contributed by atoms with E-state index in [9.17, 15) is 116 Å². The third-order valence-electron chi connectivity index (χ3n) is 12.6. The zero-order valence-electron chi connectivity index (χ0n) is 42.0. The molecule has 2 spiro atoms. The monoisotopic (exact) mass is 1420 g/mol. The van der Waals surface area contributed by atoms with Gasteiger partial charge in [0.2, 0.25) is 46.3 Å². The minimum absolute atomic E-state index is 0.0512. The first-order valence-corrected chi connectivity index (χ1v) is 28.2. The lowest BCUT2D eigenvalue weighted by Crippen LogP contribution is -2.35. The van der Waals surface area contributed by atoms with Crippen LogP contribution < -0.4 is 26.2 Å². The molecular formula is C46H12F20O22S4. The molecule has 0 saturated carbocycles. The van der Waals surface area contributed by atoms with Crippen molar-refractivity contribution in [3.63, 3.8) is 0 Å². The van der Waals surface area contributed by atoms with Gasteiger partial charge in [-0.15, -0.1) is 0 Å². The van der Waals surface area contributed by atoms with E-state index in [1.165, 1.54) is 0 Å². The Morgan fingerprint density at radius 1 is 0.370 bits per heavy atom. The van der Waals surface area contributed by atoms with Gasteiger partial charge >= 0.3 is 86.4 Å². The molecule has 0 aliphatic carbocycles. The van der Waals surface area contributed by atoms with Crippen molar-refractivity contribution in [1.29, 1.82) is 0 Å². The fourth-order valence-electron chi connectivity index (χ4n) is 8.81. The number of alkyl halides is 12. The molecular weight excluding hydrogens is 1410 g/mol. The van der Waals surface area contributed by atoms with Crippen LogP contribution in [-0.2, 0) is 61.1 Å². The van der Waals surface area contributed by atoms with Gasteiger partial charge in [-0.05, 0) is 54.6 Å². The summed E-state index contributed by atoms with van der Waals surface area (Å²) in [6.45, 7) is 0. The third-order valence-corrected chi connectivity index (χ3v) is 16.4. The normalized spacial score (nSPS) is 15.4. The molecule has 46 heteroatoms. The molecule has 4 heterocycles. The van der Waals surface area contributed by atoms with Gasteiger partial charge in [-0.1, -0.05) is 6.07 Å². The summed E-state index contributed by atoms with van der Waals surface area (Å²) >= 11 is 0. The summed E-state index contributed by atoms with van der Waals surface area (Å²) in [6.07, 6.45) is 0. The van der Waals surface area contributed by atoms with Gasteiger partial charge in [0.05, 0.1) is 44.5 Å². The van der Waals surface area contributed by atoms with E-state index in [0.717, 1.165) is 18.2 Å². The van der Waals surface area contributed by atoms with Crippen molar-refractivity contribution in [2.75, 3.05) is 0 Å². The van der Waals surface area contributed by atoms with Gasteiger partial charge in [0.1, 0.15) is 0 Å². The molecule has 0 atom stereocenters. The van der Waals surface area contributed by atoms with Crippen LogP contribution in [0.3, 0.4) is 0 Å². The zero-order chi connectivity index (χ0) is 69.0. The number of benzene rings is 6. The highest BCUT2D eigenvalue weighted by Gasteiger charge is 2.61. The van der Waals surface area contributed by atoms with Gasteiger partial charge in [-0.2, -0.15) is 104 Å². The number of esters is 2. The molecule has 4 aliphatic heterocycles. The summed E-state index contributed by atoms with van der Waals surface area (Å²) in [7, 11) is -27.3. The van der Waals surface area contributed by atoms with Crippen LogP contribution in [-0.4, -0.2) is 89.8 Å². The maximum absolute atomic E-state index is 15.7. The molecule has 0 unspecified atom stereocenters. The Balaban J connectivity index is 0.000000217. The minimum atomic E-state index is -6.84. The van der Waals surface area contributed by atoms with E-state index in [0.29, 0.717) is 18.2 Å². The maximum Gasteiger partial charge on any atom is 0.534 e. The number of hydrogen-bond acceptors (Lipinski definition) is 20. The second kappa shape index (κ2) is 21.0. The Kier molecular flexibility index (Phi) is 15.2. The zero-order valence-corrected chi connectivity index (χ0v) is 45.3. The summed E-state index contributed by atoms with van der Waals surface area (Å²) < 4.78 is 404. The van der Waals surface area contributed by atoms with Crippen LogP contribution in [0.5, 0.6) is 46.0 Å². The van der Waals surface area contributed by atoms with E-state index >= 15 is 35.1 Å². The Morgan fingerprint density at radius 3 is 0.913 bits per heavy atom. The van der Waals surface area contributed by atoms with Crippen molar-refractivity contribution in [2.45, 2.75) is 33.2 Å². The fourth-order valence-corrected chi connectivity index (χ4v) is 10.7. The molecule has 2 N–H and O–H groups in total. The Labute approximate surface area is 491 Å². The van der Waals surface area contributed by atoms with Gasteiger partial charge in [-0.25, -0.2) is 36.7 Å². The third kappa shape index (κ3) is 10.2. The molecule has 22 nitrogen and oxygen atoms in total. The van der Waals surface area contributed by atoms with E-state index in [4.69, 9.17) is 18.9 Å². The number of hydrogen-bond donors (Lipinski definition) is 2. The van der Waals surface area contributed by atoms with Crippen molar-refractivity contribution in [3.8, 4) is 46.0 Å². The highest BCUT2D eigenvalue weighted by molar-refractivity contribution is 7.88. The van der Waals surface area contributed by atoms with E-state index < -0.39 is 246 Å². The molecule has 0 radical (unpaired) electrons. The van der Waals surface area contributed by atoms with Gasteiger partial charge in [-0.3, -0.25) is 0 Å². The molecule has 4 aliphatic rings. The fraction of sp³-hybridized carbons (Fsp3) is 0.130. The van der Waals surface area contributed by atoms with Gasteiger partial charge in [0.15, 0.2) is 57.5 Å². The molecule has 6 aromatic rings. The number of carboxylic acids is 2. The number of carbonyl (C=O) groups is 4. The van der Waals surface area contributed by atoms with Gasteiger partial charge in [0.25, 0.3) is 0 Å². The second-order valence-corrected chi connectivity index (χ2v) is 24.1. The number of rotatable bonds is 10.